The number of aromatic nitrogens is 2. The Kier molecular flexibility index (Phi) is 5.02. The lowest BCUT2D eigenvalue weighted by atomic mass is 9.94. The summed E-state index contributed by atoms with van der Waals surface area (Å²) in [6.07, 6.45) is 5.05. The van der Waals surface area contributed by atoms with Crippen LogP contribution in [0.3, 0.4) is 0 Å². The number of anilines is 1. The van der Waals surface area contributed by atoms with Crippen LogP contribution >= 0.6 is 15.9 Å². The van der Waals surface area contributed by atoms with Crippen LogP contribution < -0.4 is 9.64 Å². The first-order valence-corrected chi connectivity index (χ1v) is 7.88. The van der Waals surface area contributed by atoms with Gasteiger partial charge in [-0.3, -0.25) is 0 Å². The van der Waals surface area contributed by atoms with E-state index in [9.17, 15) is 0 Å². The van der Waals surface area contributed by atoms with Gasteiger partial charge in [-0.05, 0) is 26.7 Å². The molecular formula is C14H22BrN3O. The minimum atomic E-state index is 0.498. The number of nitrogens with zero attached hydrogens (tertiary/aromatic N) is 3. The molecular weight excluding hydrogens is 306 g/mol. The largest absolute Gasteiger partial charge is 0.478 e. The molecule has 19 heavy (non-hydrogen) atoms. The first-order chi connectivity index (χ1) is 9.11. The van der Waals surface area contributed by atoms with Crippen LogP contribution in [-0.2, 0) is 0 Å². The van der Waals surface area contributed by atoms with Crippen LogP contribution in [0.25, 0.3) is 0 Å². The summed E-state index contributed by atoms with van der Waals surface area (Å²) < 4.78 is 5.50. The zero-order valence-electron chi connectivity index (χ0n) is 11.9. The molecule has 0 N–H and O–H groups in total. The summed E-state index contributed by atoms with van der Waals surface area (Å²) in [5, 5.41) is 0. The van der Waals surface area contributed by atoms with Gasteiger partial charge in [-0.15, -0.1) is 0 Å². The number of aryl methyl sites for hydroxylation is 1. The van der Waals surface area contributed by atoms with Crippen molar-refractivity contribution in [1.82, 2.24) is 9.97 Å². The maximum Gasteiger partial charge on any atom is 0.218 e. The van der Waals surface area contributed by atoms with Crippen molar-refractivity contribution >= 4 is 21.7 Å². The van der Waals surface area contributed by atoms with Crippen LogP contribution in [0.2, 0.25) is 0 Å². The van der Waals surface area contributed by atoms with Crippen LogP contribution in [0.4, 0.5) is 5.82 Å². The first-order valence-electron chi connectivity index (χ1n) is 6.97. The quantitative estimate of drug-likeness (QED) is 0.795. The molecule has 4 nitrogen and oxygen atoms in total. The van der Waals surface area contributed by atoms with E-state index >= 15 is 0 Å². The third-order valence-corrected chi connectivity index (χ3v) is 4.67. The molecule has 1 aromatic heterocycles. The Hall–Kier alpha value is -0.840. The third kappa shape index (κ3) is 3.59. The zero-order chi connectivity index (χ0) is 13.8. The third-order valence-electron chi connectivity index (χ3n) is 3.60. The molecule has 1 aliphatic rings. The maximum atomic E-state index is 5.50. The topological polar surface area (TPSA) is 38.2 Å². The van der Waals surface area contributed by atoms with Crippen molar-refractivity contribution in [3.8, 4) is 5.88 Å². The Morgan fingerprint density at radius 3 is 2.79 bits per heavy atom. The Labute approximate surface area is 123 Å². The Balaban J connectivity index is 2.19. The molecule has 0 radical (unpaired) electrons. The minimum absolute atomic E-state index is 0.498. The molecule has 106 valence electrons. The molecule has 0 aliphatic heterocycles. The standard InChI is InChI=1S/C14H22BrN3O/c1-4-19-14-9-13(16-10(2)17-14)18(3)12-8-6-5-7-11(12)15/h9,11-12H,4-8H2,1-3H3. The molecule has 1 aliphatic carbocycles. The van der Waals surface area contributed by atoms with Gasteiger partial charge in [-0.25, -0.2) is 4.98 Å². The van der Waals surface area contributed by atoms with Crippen LogP contribution in [0, 0.1) is 6.92 Å². The fourth-order valence-electron chi connectivity index (χ4n) is 2.60. The fraction of sp³-hybridized carbons (Fsp3) is 0.714. The summed E-state index contributed by atoms with van der Waals surface area (Å²) in [6.45, 7) is 4.51. The van der Waals surface area contributed by atoms with Crippen LogP contribution in [0.15, 0.2) is 6.07 Å². The Bertz CT molecular complexity index is 427. The van der Waals surface area contributed by atoms with Gasteiger partial charge in [-0.1, -0.05) is 28.8 Å². The van der Waals surface area contributed by atoms with Gasteiger partial charge in [0.15, 0.2) is 0 Å². The van der Waals surface area contributed by atoms with Gasteiger partial charge in [-0.2, -0.15) is 4.98 Å². The van der Waals surface area contributed by atoms with Crippen molar-refractivity contribution < 1.29 is 4.74 Å². The highest BCUT2D eigenvalue weighted by Crippen LogP contribution is 2.30. The highest BCUT2D eigenvalue weighted by molar-refractivity contribution is 9.09. The SMILES string of the molecule is CCOc1cc(N(C)C2CCCCC2Br)nc(C)n1. The number of hydrogen-bond donors (Lipinski definition) is 0. The molecule has 0 amide bonds. The highest BCUT2D eigenvalue weighted by atomic mass is 79.9. The lowest BCUT2D eigenvalue weighted by Gasteiger charge is -2.36. The monoisotopic (exact) mass is 327 g/mol. The van der Waals surface area contributed by atoms with Gasteiger partial charge in [0.25, 0.3) is 0 Å². The number of halogens is 1. The normalized spacial score (nSPS) is 23.2. The van der Waals surface area contributed by atoms with Gasteiger partial charge in [0.2, 0.25) is 5.88 Å². The summed E-state index contributed by atoms with van der Waals surface area (Å²) in [6, 6.07) is 2.43. The van der Waals surface area contributed by atoms with E-state index in [2.05, 4.69) is 37.8 Å². The van der Waals surface area contributed by atoms with Gasteiger partial charge >= 0.3 is 0 Å². The molecule has 2 unspecified atom stereocenters. The summed E-state index contributed by atoms with van der Waals surface area (Å²) >= 11 is 3.80. The second-order valence-electron chi connectivity index (χ2n) is 5.02. The fourth-order valence-corrected chi connectivity index (χ4v) is 3.54. The molecule has 1 fully saturated rings. The van der Waals surface area contributed by atoms with E-state index in [1.165, 1.54) is 25.7 Å². The van der Waals surface area contributed by atoms with Crippen molar-refractivity contribution in [2.45, 2.75) is 50.4 Å². The molecule has 0 spiro atoms. The lowest BCUT2D eigenvalue weighted by molar-refractivity contribution is 0.325. The highest BCUT2D eigenvalue weighted by Gasteiger charge is 2.27. The van der Waals surface area contributed by atoms with Crippen molar-refractivity contribution in [2.75, 3.05) is 18.6 Å². The number of ether oxygens (including phenoxy) is 1. The molecule has 5 heteroatoms. The van der Waals surface area contributed by atoms with E-state index in [-0.39, 0.29) is 0 Å². The number of rotatable bonds is 4. The van der Waals surface area contributed by atoms with Gasteiger partial charge in [0.05, 0.1) is 6.61 Å². The molecule has 1 heterocycles. The van der Waals surface area contributed by atoms with Gasteiger partial charge < -0.3 is 9.64 Å². The maximum absolute atomic E-state index is 5.50. The van der Waals surface area contributed by atoms with Crippen molar-refractivity contribution in [2.24, 2.45) is 0 Å². The van der Waals surface area contributed by atoms with E-state index < -0.39 is 0 Å². The Morgan fingerprint density at radius 1 is 1.37 bits per heavy atom. The van der Waals surface area contributed by atoms with Crippen LogP contribution in [0.1, 0.15) is 38.4 Å². The van der Waals surface area contributed by atoms with Crippen molar-refractivity contribution in [3.05, 3.63) is 11.9 Å². The minimum Gasteiger partial charge on any atom is -0.478 e. The second kappa shape index (κ2) is 6.55. The molecule has 2 rings (SSSR count). The molecule has 0 aromatic carbocycles. The average molecular weight is 328 g/mol. The molecule has 0 saturated heterocycles. The Morgan fingerprint density at radius 2 is 2.11 bits per heavy atom. The average Bonchev–Trinajstić information content (AvgIpc) is 2.38. The smallest absolute Gasteiger partial charge is 0.218 e. The molecule has 2 atom stereocenters. The molecule has 1 saturated carbocycles. The summed E-state index contributed by atoms with van der Waals surface area (Å²) in [4.78, 5) is 11.6. The first kappa shape index (κ1) is 14.6. The van der Waals surface area contributed by atoms with Crippen LogP contribution in [-0.4, -0.2) is 34.5 Å². The van der Waals surface area contributed by atoms with Crippen molar-refractivity contribution in [1.29, 1.82) is 0 Å². The summed E-state index contributed by atoms with van der Waals surface area (Å²) in [5.74, 6) is 2.38. The number of hydrogen-bond acceptors (Lipinski definition) is 4. The van der Waals surface area contributed by atoms with E-state index in [4.69, 9.17) is 4.74 Å². The summed E-state index contributed by atoms with van der Waals surface area (Å²) in [7, 11) is 2.11. The summed E-state index contributed by atoms with van der Waals surface area (Å²) in [5.41, 5.74) is 0. The second-order valence-corrected chi connectivity index (χ2v) is 6.20. The van der Waals surface area contributed by atoms with E-state index in [1.54, 1.807) is 0 Å². The predicted octanol–water partition coefficient (Wildman–Crippen LogP) is 3.33. The van der Waals surface area contributed by atoms with E-state index in [1.807, 2.05) is 19.9 Å². The van der Waals surface area contributed by atoms with Crippen molar-refractivity contribution in [3.63, 3.8) is 0 Å². The van der Waals surface area contributed by atoms with Gasteiger partial charge in [0.1, 0.15) is 11.6 Å². The van der Waals surface area contributed by atoms with Gasteiger partial charge in [0, 0.05) is 24.0 Å². The molecule has 0 bridgehead atoms. The van der Waals surface area contributed by atoms with E-state index in [0.717, 1.165) is 11.6 Å². The number of alkyl halides is 1. The van der Waals surface area contributed by atoms with E-state index in [0.29, 0.717) is 23.4 Å². The van der Waals surface area contributed by atoms with Crippen LogP contribution in [0.5, 0.6) is 5.88 Å². The molecule has 1 aromatic rings. The zero-order valence-corrected chi connectivity index (χ0v) is 13.5. The predicted molar refractivity (Wildman–Crippen MR) is 81.3 cm³/mol. The lowest BCUT2D eigenvalue weighted by Crippen LogP contribution is -2.41.